The van der Waals surface area contributed by atoms with E-state index in [2.05, 4.69) is 13.8 Å². The maximum Gasteiger partial charge on any atom is 0.00670 e. The van der Waals surface area contributed by atoms with Gasteiger partial charge in [-0.1, -0.05) is 40.5 Å². The molecule has 3 unspecified atom stereocenters. The van der Waals surface area contributed by atoms with Crippen molar-refractivity contribution in [2.24, 2.45) is 17.6 Å². The third-order valence-corrected chi connectivity index (χ3v) is 2.77. The maximum absolute atomic E-state index is 5.87. The predicted octanol–water partition coefficient (Wildman–Crippen LogP) is 2.80. The largest absolute Gasteiger partial charge is 0.327 e. The summed E-state index contributed by atoms with van der Waals surface area (Å²) in [6, 6.07) is 0.480. The van der Waals surface area contributed by atoms with Gasteiger partial charge < -0.3 is 5.73 Å². The lowest BCUT2D eigenvalue weighted by atomic mass is 9.78. The Kier molecular flexibility index (Phi) is 5.57. The van der Waals surface area contributed by atoms with Gasteiger partial charge in [-0.05, 0) is 18.3 Å². The van der Waals surface area contributed by atoms with Crippen LogP contribution in [0.2, 0.25) is 0 Å². The van der Waals surface area contributed by atoms with Crippen LogP contribution in [0.3, 0.4) is 0 Å². The van der Waals surface area contributed by atoms with E-state index in [1.165, 1.54) is 19.3 Å². The Balaban J connectivity index is 0.000000461. The molecule has 1 nitrogen and oxygen atoms in total. The SMILES string of the molecule is CC.CC1CCCC(N)C1C. The molecule has 0 bridgehead atoms. The fourth-order valence-electron chi connectivity index (χ4n) is 1.62. The van der Waals surface area contributed by atoms with Crippen LogP contribution >= 0.6 is 0 Å². The van der Waals surface area contributed by atoms with Crippen LogP contribution in [-0.2, 0) is 0 Å². The van der Waals surface area contributed by atoms with Gasteiger partial charge in [-0.15, -0.1) is 0 Å². The van der Waals surface area contributed by atoms with Gasteiger partial charge in [0.05, 0.1) is 0 Å². The first-order chi connectivity index (χ1) is 5.22. The standard InChI is InChI=1S/C8H17N.C2H6/c1-6-4-3-5-8(9)7(6)2;1-2/h6-8H,3-5,9H2,1-2H3;1-2H3. The first kappa shape index (κ1) is 11.0. The van der Waals surface area contributed by atoms with Crippen LogP contribution in [0.5, 0.6) is 0 Å². The molecule has 1 saturated carbocycles. The van der Waals surface area contributed by atoms with Crippen LogP contribution in [0.1, 0.15) is 47.0 Å². The molecule has 0 radical (unpaired) electrons. The highest BCUT2D eigenvalue weighted by molar-refractivity contribution is 4.78. The van der Waals surface area contributed by atoms with Crippen LogP contribution in [0.25, 0.3) is 0 Å². The summed E-state index contributed by atoms with van der Waals surface area (Å²) in [4.78, 5) is 0. The van der Waals surface area contributed by atoms with Crippen molar-refractivity contribution in [3.05, 3.63) is 0 Å². The van der Waals surface area contributed by atoms with Gasteiger partial charge in [0, 0.05) is 6.04 Å². The van der Waals surface area contributed by atoms with Crippen molar-refractivity contribution in [3.63, 3.8) is 0 Å². The molecular weight excluding hydrogens is 134 g/mol. The molecule has 0 aliphatic heterocycles. The van der Waals surface area contributed by atoms with Crippen molar-refractivity contribution in [2.75, 3.05) is 0 Å². The van der Waals surface area contributed by atoms with Crippen molar-refractivity contribution in [3.8, 4) is 0 Å². The topological polar surface area (TPSA) is 26.0 Å². The van der Waals surface area contributed by atoms with Crippen molar-refractivity contribution >= 4 is 0 Å². The summed E-state index contributed by atoms with van der Waals surface area (Å²) in [5, 5.41) is 0. The van der Waals surface area contributed by atoms with E-state index in [0.29, 0.717) is 6.04 Å². The normalized spacial score (nSPS) is 37.4. The molecular formula is C10H23N. The van der Waals surface area contributed by atoms with E-state index in [1.807, 2.05) is 13.8 Å². The van der Waals surface area contributed by atoms with E-state index < -0.39 is 0 Å². The van der Waals surface area contributed by atoms with E-state index in [4.69, 9.17) is 5.73 Å². The van der Waals surface area contributed by atoms with E-state index in [-0.39, 0.29) is 0 Å². The predicted molar refractivity (Wildman–Crippen MR) is 51.5 cm³/mol. The molecule has 0 spiro atoms. The van der Waals surface area contributed by atoms with Gasteiger partial charge in [-0.25, -0.2) is 0 Å². The molecule has 1 rings (SSSR count). The first-order valence-corrected chi connectivity index (χ1v) is 4.97. The fraction of sp³-hybridized carbons (Fsp3) is 1.00. The van der Waals surface area contributed by atoms with Gasteiger partial charge in [-0.2, -0.15) is 0 Å². The lowest BCUT2D eigenvalue weighted by Crippen LogP contribution is -2.35. The molecule has 1 fully saturated rings. The second-order valence-electron chi connectivity index (χ2n) is 3.43. The van der Waals surface area contributed by atoms with Crippen LogP contribution in [0.15, 0.2) is 0 Å². The summed E-state index contributed by atoms with van der Waals surface area (Å²) in [7, 11) is 0. The molecule has 11 heavy (non-hydrogen) atoms. The molecule has 68 valence electrons. The van der Waals surface area contributed by atoms with Gasteiger partial charge in [0.25, 0.3) is 0 Å². The summed E-state index contributed by atoms with van der Waals surface area (Å²) in [5.41, 5.74) is 5.87. The molecule has 0 heterocycles. The summed E-state index contributed by atoms with van der Waals surface area (Å²) >= 11 is 0. The fourth-order valence-corrected chi connectivity index (χ4v) is 1.62. The van der Waals surface area contributed by atoms with Crippen molar-refractivity contribution in [1.29, 1.82) is 0 Å². The Hall–Kier alpha value is -0.0400. The van der Waals surface area contributed by atoms with E-state index in [9.17, 15) is 0 Å². The molecule has 0 aromatic carbocycles. The highest BCUT2D eigenvalue weighted by Crippen LogP contribution is 2.27. The second-order valence-corrected chi connectivity index (χ2v) is 3.43. The summed E-state index contributed by atoms with van der Waals surface area (Å²) in [6.07, 6.45) is 3.97. The number of hydrogen-bond donors (Lipinski definition) is 1. The number of rotatable bonds is 0. The zero-order valence-electron chi connectivity index (χ0n) is 8.43. The summed E-state index contributed by atoms with van der Waals surface area (Å²) < 4.78 is 0. The molecule has 1 aliphatic carbocycles. The third-order valence-electron chi connectivity index (χ3n) is 2.77. The molecule has 0 saturated heterocycles. The Morgan fingerprint density at radius 3 is 2.00 bits per heavy atom. The van der Waals surface area contributed by atoms with E-state index >= 15 is 0 Å². The molecule has 0 amide bonds. The number of nitrogens with two attached hydrogens (primary N) is 1. The van der Waals surface area contributed by atoms with Crippen LogP contribution < -0.4 is 5.73 Å². The van der Waals surface area contributed by atoms with E-state index in [0.717, 1.165) is 11.8 Å². The monoisotopic (exact) mass is 157 g/mol. The zero-order valence-corrected chi connectivity index (χ0v) is 8.43. The van der Waals surface area contributed by atoms with E-state index in [1.54, 1.807) is 0 Å². The molecule has 3 atom stereocenters. The highest BCUT2D eigenvalue weighted by atomic mass is 14.7. The van der Waals surface area contributed by atoms with Crippen LogP contribution in [-0.4, -0.2) is 6.04 Å². The van der Waals surface area contributed by atoms with Crippen molar-refractivity contribution in [1.82, 2.24) is 0 Å². The highest BCUT2D eigenvalue weighted by Gasteiger charge is 2.23. The van der Waals surface area contributed by atoms with Crippen molar-refractivity contribution in [2.45, 2.75) is 53.0 Å². The molecule has 1 aliphatic rings. The Morgan fingerprint density at radius 2 is 1.64 bits per heavy atom. The molecule has 0 aromatic heterocycles. The van der Waals surface area contributed by atoms with Gasteiger partial charge in [0.2, 0.25) is 0 Å². The van der Waals surface area contributed by atoms with Gasteiger partial charge in [0.1, 0.15) is 0 Å². The van der Waals surface area contributed by atoms with Gasteiger partial charge >= 0.3 is 0 Å². The smallest absolute Gasteiger partial charge is 0.00670 e. The summed E-state index contributed by atoms with van der Waals surface area (Å²) in [5.74, 6) is 1.60. The van der Waals surface area contributed by atoms with Gasteiger partial charge in [-0.3, -0.25) is 0 Å². The molecule has 0 aromatic rings. The lowest BCUT2D eigenvalue weighted by molar-refractivity contribution is 0.240. The molecule has 2 N–H and O–H groups in total. The van der Waals surface area contributed by atoms with Gasteiger partial charge in [0.15, 0.2) is 0 Å². The molecule has 1 heteroatoms. The van der Waals surface area contributed by atoms with Crippen LogP contribution in [0.4, 0.5) is 0 Å². The zero-order chi connectivity index (χ0) is 8.85. The Labute approximate surface area is 71.4 Å². The minimum atomic E-state index is 0.480. The van der Waals surface area contributed by atoms with Crippen LogP contribution in [0, 0.1) is 11.8 Å². The quantitative estimate of drug-likeness (QED) is 0.575. The number of hydrogen-bond acceptors (Lipinski definition) is 1. The second kappa shape index (κ2) is 5.59. The Morgan fingerprint density at radius 1 is 1.09 bits per heavy atom. The minimum Gasteiger partial charge on any atom is -0.327 e. The van der Waals surface area contributed by atoms with Crippen molar-refractivity contribution < 1.29 is 0 Å². The Bertz CT molecular complexity index is 80.9. The lowest BCUT2D eigenvalue weighted by Gasteiger charge is -2.31. The minimum absolute atomic E-state index is 0.480. The average molecular weight is 157 g/mol. The summed E-state index contributed by atoms with van der Waals surface area (Å²) in [6.45, 7) is 8.58. The third kappa shape index (κ3) is 3.24. The maximum atomic E-state index is 5.87. The first-order valence-electron chi connectivity index (χ1n) is 4.97. The average Bonchev–Trinajstić information content (AvgIpc) is 2.04.